The Morgan fingerprint density at radius 1 is 0.917 bits per heavy atom. The van der Waals surface area contributed by atoms with Crippen LogP contribution in [0.2, 0.25) is 0 Å². The Morgan fingerprint density at radius 2 is 1.42 bits per heavy atom. The van der Waals surface area contributed by atoms with Crippen LogP contribution in [-0.2, 0) is 4.74 Å². The lowest BCUT2D eigenvalue weighted by Crippen LogP contribution is -2.23. The molecule has 1 heteroatoms. The highest BCUT2D eigenvalue weighted by Gasteiger charge is 2.17. The molecule has 0 amide bonds. The standard InChI is InChI=1S/C11H24O/c1-7-11(5,6)9-12-8-10(2,3)4/h7-9H2,1-6H3. The maximum Gasteiger partial charge on any atom is 0.0517 e. The van der Waals surface area contributed by atoms with Crippen molar-refractivity contribution in [3.63, 3.8) is 0 Å². The molecule has 0 aromatic heterocycles. The van der Waals surface area contributed by atoms with E-state index >= 15 is 0 Å². The summed E-state index contributed by atoms with van der Waals surface area (Å²) >= 11 is 0. The van der Waals surface area contributed by atoms with Crippen LogP contribution in [0.15, 0.2) is 0 Å². The van der Waals surface area contributed by atoms with Crippen LogP contribution in [0.4, 0.5) is 0 Å². The van der Waals surface area contributed by atoms with Gasteiger partial charge >= 0.3 is 0 Å². The van der Waals surface area contributed by atoms with Gasteiger partial charge in [-0.3, -0.25) is 0 Å². The average Bonchev–Trinajstić information content (AvgIpc) is 1.84. The molecule has 0 N–H and O–H groups in total. The second-order valence-electron chi connectivity index (χ2n) is 5.57. The van der Waals surface area contributed by atoms with Gasteiger partial charge in [0.2, 0.25) is 0 Å². The zero-order valence-electron chi connectivity index (χ0n) is 9.53. The average molecular weight is 172 g/mol. The van der Waals surface area contributed by atoms with Crippen LogP contribution in [-0.4, -0.2) is 13.2 Å². The fourth-order valence-electron chi connectivity index (χ4n) is 0.736. The number of hydrogen-bond acceptors (Lipinski definition) is 1. The summed E-state index contributed by atoms with van der Waals surface area (Å²) in [6.45, 7) is 15.0. The van der Waals surface area contributed by atoms with Gasteiger partial charge in [0.25, 0.3) is 0 Å². The van der Waals surface area contributed by atoms with Crippen molar-refractivity contribution in [1.29, 1.82) is 0 Å². The van der Waals surface area contributed by atoms with Crippen molar-refractivity contribution < 1.29 is 4.74 Å². The van der Waals surface area contributed by atoms with Gasteiger partial charge in [0.1, 0.15) is 0 Å². The minimum absolute atomic E-state index is 0.295. The zero-order chi connectivity index (χ0) is 9.83. The van der Waals surface area contributed by atoms with Crippen molar-refractivity contribution >= 4 is 0 Å². The summed E-state index contributed by atoms with van der Waals surface area (Å²) in [7, 11) is 0. The molecular formula is C11H24O. The molecule has 0 aromatic rings. The smallest absolute Gasteiger partial charge is 0.0517 e. The van der Waals surface area contributed by atoms with Gasteiger partial charge in [-0.2, -0.15) is 0 Å². The van der Waals surface area contributed by atoms with Crippen LogP contribution in [0.1, 0.15) is 48.0 Å². The SMILES string of the molecule is CCC(C)(C)COCC(C)(C)C. The Hall–Kier alpha value is -0.0400. The molecule has 0 aliphatic carbocycles. The molecule has 0 unspecified atom stereocenters. The van der Waals surface area contributed by atoms with Crippen molar-refractivity contribution in [2.45, 2.75) is 48.0 Å². The van der Waals surface area contributed by atoms with Gasteiger partial charge in [-0.05, 0) is 17.3 Å². The van der Waals surface area contributed by atoms with Crippen molar-refractivity contribution in [1.82, 2.24) is 0 Å². The van der Waals surface area contributed by atoms with Gasteiger partial charge in [-0.1, -0.05) is 41.5 Å². The molecule has 0 aliphatic rings. The van der Waals surface area contributed by atoms with E-state index in [1.165, 1.54) is 6.42 Å². The highest BCUT2D eigenvalue weighted by atomic mass is 16.5. The molecule has 12 heavy (non-hydrogen) atoms. The first-order chi connectivity index (χ1) is 5.27. The number of hydrogen-bond donors (Lipinski definition) is 0. The number of rotatable bonds is 4. The maximum absolute atomic E-state index is 5.65. The summed E-state index contributed by atoms with van der Waals surface area (Å²) in [5.41, 5.74) is 0.634. The molecule has 0 spiro atoms. The van der Waals surface area contributed by atoms with E-state index in [9.17, 15) is 0 Å². The van der Waals surface area contributed by atoms with Gasteiger partial charge in [-0.15, -0.1) is 0 Å². The third-order valence-corrected chi connectivity index (χ3v) is 1.98. The fraction of sp³-hybridized carbons (Fsp3) is 1.00. The Bertz CT molecular complexity index is 119. The first-order valence-electron chi connectivity index (χ1n) is 4.85. The molecule has 74 valence electrons. The molecule has 0 heterocycles. The van der Waals surface area contributed by atoms with Crippen LogP contribution in [0.3, 0.4) is 0 Å². The molecule has 0 bridgehead atoms. The van der Waals surface area contributed by atoms with E-state index < -0.39 is 0 Å². The third-order valence-electron chi connectivity index (χ3n) is 1.98. The highest BCUT2D eigenvalue weighted by Crippen LogP contribution is 2.21. The van der Waals surface area contributed by atoms with E-state index in [0.29, 0.717) is 10.8 Å². The van der Waals surface area contributed by atoms with Crippen LogP contribution in [0, 0.1) is 10.8 Å². The first kappa shape index (κ1) is 12.0. The van der Waals surface area contributed by atoms with Gasteiger partial charge in [-0.25, -0.2) is 0 Å². The molecule has 0 saturated heterocycles. The van der Waals surface area contributed by atoms with Gasteiger partial charge in [0.15, 0.2) is 0 Å². The lowest BCUT2D eigenvalue weighted by atomic mass is 9.91. The Labute approximate surface area is 77.5 Å². The van der Waals surface area contributed by atoms with E-state index in [-0.39, 0.29) is 0 Å². The summed E-state index contributed by atoms with van der Waals surface area (Å²) in [6, 6.07) is 0. The molecule has 0 aliphatic heterocycles. The number of ether oxygens (including phenoxy) is 1. The van der Waals surface area contributed by atoms with Gasteiger partial charge < -0.3 is 4.74 Å². The summed E-state index contributed by atoms with van der Waals surface area (Å²) in [6.07, 6.45) is 1.18. The fourth-order valence-corrected chi connectivity index (χ4v) is 0.736. The molecule has 0 atom stereocenters. The van der Waals surface area contributed by atoms with E-state index in [1.807, 2.05) is 0 Å². The Kier molecular flexibility index (Phi) is 4.25. The minimum atomic E-state index is 0.295. The highest BCUT2D eigenvalue weighted by molar-refractivity contribution is 4.66. The predicted octanol–water partition coefficient (Wildman–Crippen LogP) is 3.49. The minimum Gasteiger partial charge on any atom is -0.380 e. The van der Waals surface area contributed by atoms with Crippen molar-refractivity contribution in [3.8, 4) is 0 Å². The lowest BCUT2D eigenvalue weighted by molar-refractivity contribution is 0.0199. The quantitative estimate of drug-likeness (QED) is 0.631. The summed E-state index contributed by atoms with van der Waals surface area (Å²) < 4.78 is 5.65. The summed E-state index contributed by atoms with van der Waals surface area (Å²) in [5, 5.41) is 0. The zero-order valence-corrected chi connectivity index (χ0v) is 9.53. The predicted molar refractivity (Wildman–Crippen MR) is 54.3 cm³/mol. The van der Waals surface area contributed by atoms with Crippen LogP contribution in [0.5, 0.6) is 0 Å². The third kappa shape index (κ3) is 6.66. The van der Waals surface area contributed by atoms with Crippen molar-refractivity contribution in [3.05, 3.63) is 0 Å². The lowest BCUT2D eigenvalue weighted by Gasteiger charge is -2.25. The second kappa shape index (κ2) is 4.27. The van der Waals surface area contributed by atoms with E-state index in [1.54, 1.807) is 0 Å². The normalized spacial score (nSPS) is 13.5. The topological polar surface area (TPSA) is 9.23 Å². The van der Waals surface area contributed by atoms with E-state index in [4.69, 9.17) is 4.74 Å². The van der Waals surface area contributed by atoms with Crippen molar-refractivity contribution in [2.24, 2.45) is 10.8 Å². The maximum atomic E-state index is 5.65. The monoisotopic (exact) mass is 172 g/mol. The van der Waals surface area contributed by atoms with E-state index in [0.717, 1.165) is 13.2 Å². The summed E-state index contributed by atoms with van der Waals surface area (Å²) in [4.78, 5) is 0. The van der Waals surface area contributed by atoms with Crippen LogP contribution < -0.4 is 0 Å². The molecule has 0 fully saturated rings. The largest absolute Gasteiger partial charge is 0.380 e. The molecule has 0 rings (SSSR count). The first-order valence-corrected chi connectivity index (χ1v) is 4.85. The Balaban J connectivity index is 3.57. The second-order valence-corrected chi connectivity index (χ2v) is 5.57. The molecule has 0 aromatic carbocycles. The van der Waals surface area contributed by atoms with Crippen molar-refractivity contribution in [2.75, 3.05) is 13.2 Å². The van der Waals surface area contributed by atoms with Gasteiger partial charge in [0.05, 0.1) is 13.2 Å². The van der Waals surface area contributed by atoms with Crippen LogP contribution >= 0.6 is 0 Å². The molecule has 0 saturated carbocycles. The molecule has 1 nitrogen and oxygen atoms in total. The molecule has 0 radical (unpaired) electrons. The van der Waals surface area contributed by atoms with Gasteiger partial charge in [0, 0.05) is 0 Å². The van der Waals surface area contributed by atoms with E-state index in [2.05, 4.69) is 41.5 Å². The Morgan fingerprint density at radius 3 is 1.75 bits per heavy atom. The summed E-state index contributed by atoms with van der Waals surface area (Å²) in [5.74, 6) is 0. The molecular weight excluding hydrogens is 148 g/mol. The van der Waals surface area contributed by atoms with Crippen LogP contribution in [0.25, 0.3) is 0 Å².